The van der Waals surface area contributed by atoms with E-state index < -0.39 is 27.9 Å². The molecule has 0 spiro atoms. The Kier molecular flexibility index (Phi) is 8.72. The summed E-state index contributed by atoms with van der Waals surface area (Å²) < 4.78 is 28.4. The van der Waals surface area contributed by atoms with Crippen LogP contribution in [0.4, 0.5) is 5.69 Å². The summed E-state index contributed by atoms with van der Waals surface area (Å²) in [4.78, 5) is 39.6. The summed E-state index contributed by atoms with van der Waals surface area (Å²) in [5.41, 5.74) is 7.09. The second kappa shape index (κ2) is 12.2. The minimum Gasteiger partial charge on any atom is -0.384 e. The maximum absolute atomic E-state index is 13.7. The van der Waals surface area contributed by atoms with Gasteiger partial charge in [-0.3, -0.25) is 15.0 Å². The summed E-state index contributed by atoms with van der Waals surface area (Å²) in [6.45, 7) is 4.26. The maximum Gasteiger partial charge on any atom is 0.354 e. The average Bonchev–Trinajstić information content (AvgIpc) is 2.94. The molecule has 42 heavy (non-hydrogen) atoms. The molecule has 0 aromatic heterocycles. The second-order valence-electron chi connectivity index (χ2n) is 10.1. The van der Waals surface area contributed by atoms with Gasteiger partial charge in [0.15, 0.2) is 0 Å². The first-order valence-electron chi connectivity index (χ1n) is 13.0. The summed E-state index contributed by atoms with van der Waals surface area (Å²) in [5.74, 6) is -2.08. The van der Waals surface area contributed by atoms with Crippen LogP contribution in [-0.4, -0.2) is 44.8 Å². The lowest BCUT2D eigenvalue weighted by Crippen LogP contribution is -2.27. The number of nitrogens with two attached hydrogens (primary N) is 1. The van der Waals surface area contributed by atoms with Gasteiger partial charge in [-0.25, -0.2) is 4.79 Å². The molecule has 0 atom stereocenters. The Morgan fingerprint density at radius 2 is 1.45 bits per heavy atom. The largest absolute Gasteiger partial charge is 0.384 e. The van der Waals surface area contributed by atoms with Crippen LogP contribution in [0.15, 0.2) is 78.9 Å². The number of hydrogen-bond acceptors (Lipinski definition) is 7. The first-order valence-corrected chi connectivity index (χ1v) is 14.8. The van der Waals surface area contributed by atoms with Crippen molar-refractivity contribution in [2.24, 2.45) is 11.7 Å². The van der Waals surface area contributed by atoms with Crippen LogP contribution in [0.25, 0.3) is 21.9 Å². The number of amides is 2. The lowest BCUT2D eigenvalue weighted by Gasteiger charge is -2.16. The maximum atomic E-state index is 13.7. The highest BCUT2D eigenvalue weighted by Crippen LogP contribution is 2.33. The Bertz CT molecular complexity index is 1820. The van der Waals surface area contributed by atoms with E-state index in [1.807, 2.05) is 38.1 Å². The van der Waals surface area contributed by atoms with Crippen molar-refractivity contribution in [3.05, 3.63) is 101 Å². The monoisotopic (exact) mass is 586 g/mol. The number of benzene rings is 4. The minimum atomic E-state index is -4.19. The van der Waals surface area contributed by atoms with E-state index in [4.69, 9.17) is 15.3 Å². The average molecular weight is 587 g/mol. The number of carbonyl (C=O) groups excluding carboxylic acids is 3. The predicted octanol–water partition coefficient (Wildman–Crippen LogP) is 4.55. The van der Waals surface area contributed by atoms with Crippen LogP contribution in [0.2, 0.25) is 0 Å². The molecule has 216 valence electrons. The van der Waals surface area contributed by atoms with Gasteiger partial charge in [-0.1, -0.05) is 44.2 Å². The van der Waals surface area contributed by atoms with Gasteiger partial charge in [0.05, 0.1) is 11.8 Å². The molecule has 0 radical (unpaired) electrons. The van der Waals surface area contributed by atoms with Gasteiger partial charge in [-0.15, -0.1) is 0 Å². The molecule has 0 aliphatic rings. The van der Waals surface area contributed by atoms with Gasteiger partial charge in [0, 0.05) is 28.9 Å². The number of rotatable bonds is 9. The minimum absolute atomic E-state index is 0.112. The lowest BCUT2D eigenvalue weighted by atomic mass is 9.91. The molecule has 0 heterocycles. The van der Waals surface area contributed by atoms with Gasteiger partial charge in [0.2, 0.25) is 0 Å². The van der Waals surface area contributed by atoms with Crippen LogP contribution in [0.3, 0.4) is 0 Å². The fourth-order valence-electron chi connectivity index (χ4n) is 4.25. The molecule has 4 rings (SSSR count). The first kappa shape index (κ1) is 29.9. The fraction of sp³-hybridized carbons (Fsp3) is 0.161. The number of hydrogen-bond donors (Lipinski definition) is 4. The Balaban J connectivity index is 1.86. The molecule has 11 heteroatoms. The van der Waals surface area contributed by atoms with Crippen molar-refractivity contribution in [3.8, 4) is 11.1 Å². The second-order valence-corrected chi connectivity index (χ2v) is 11.7. The highest BCUT2D eigenvalue weighted by atomic mass is 32.2. The van der Waals surface area contributed by atoms with Crippen molar-refractivity contribution >= 4 is 50.2 Å². The fourth-order valence-corrected chi connectivity index (χ4v) is 4.62. The molecule has 4 aromatic carbocycles. The molecule has 4 aromatic rings. The molecular formula is C31H30N4O6S. The summed E-state index contributed by atoms with van der Waals surface area (Å²) >= 11 is 0. The number of nitrogen functional groups attached to an aromatic ring is 1. The zero-order valence-electron chi connectivity index (χ0n) is 23.2. The SMILES string of the molecule is CC(C)CNC(=O)c1ccc(-c2cc3ccccc3cc2C(=O)Nc2ccc(C(=N)N)cc2)c(C(=O)OS(C)(=O)=O)c1. The van der Waals surface area contributed by atoms with Crippen molar-refractivity contribution in [2.45, 2.75) is 13.8 Å². The van der Waals surface area contributed by atoms with Crippen LogP contribution in [0.1, 0.15) is 50.5 Å². The van der Waals surface area contributed by atoms with Gasteiger partial charge >= 0.3 is 16.1 Å². The molecule has 0 aliphatic heterocycles. The highest BCUT2D eigenvalue weighted by Gasteiger charge is 2.24. The molecule has 0 bridgehead atoms. The van der Waals surface area contributed by atoms with E-state index in [0.717, 1.165) is 17.0 Å². The number of fused-ring (bicyclic) bond motifs is 1. The van der Waals surface area contributed by atoms with Crippen molar-refractivity contribution in [2.75, 3.05) is 18.1 Å². The summed E-state index contributed by atoms with van der Waals surface area (Å²) in [7, 11) is -4.19. The molecule has 0 saturated carbocycles. The van der Waals surface area contributed by atoms with Crippen LogP contribution in [0.5, 0.6) is 0 Å². The number of carbonyl (C=O) groups is 3. The standard InChI is InChI=1S/C31H30N4O6S/c1-18(2)17-34-29(36)22-10-13-24(27(16-22)31(38)41-42(3,39)40)25-14-20-6-4-5-7-21(20)15-26(25)30(37)35-23-11-8-19(9-12-23)28(32)33/h4-16,18H,17H2,1-3H3,(H3,32,33)(H,34,36)(H,35,37). The van der Waals surface area contributed by atoms with E-state index in [9.17, 15) is 22.8 Å². The molecule has 0 saturated heterocycles. The molecule has 2 amide bonds. The third-order valence-corrected chi connectivity index (χ3v) is 6.73. The van der Waals surface area contributed by atoms with Crippen LogP contribution in [0, 0.1) is 11.3 Å². The number of anilines is 1. The van der Waals surface area contributed by atoms with Crippen LogP contribution < -0.4 is 16.4 Å². The third kappa shape index (κ3) is 7.18. The lowest BCUT2D eigenvalue weighted by molar-refractivity contribution is 0.0748. The van der Waals surface area contributed by atoms with Gasteiger partial charge in [-0.05, 0) is 76.3 Å². The third-order valence-electron chi connectivity index (χ3n) is 6.27. The van der Waals surface area contributed by atoms with Crippen molar-refractivity contribution in [3.63, 3.8) is 0 Å². The van der Waals surface area contributed by atoms with E-state index in [2.05, 4.69) is 10.6 Å². The van der Waals surface area contributed by atoms with Gasteiger partial charge in [0.25, 0.3) is 11.8 Å². The molecule has 0 fully saturated rings. The van der Waals surface area contributed by atoms with E-state index in [-0.39, 0.29) is 34.0 Å². The Hall–Kier alpha value is -5.03. The molecular weight excluding hydrogens is 556 g/mol. The Morgan fingerprint density at radius 1 is 0.833 bits per heavy atom. The summed E-state index contributed by atoms with van der Waals surface area (Å²) in [6.07, 6.45) is 0.746. The summed E-state index contributed by atoms with van der Waals surface area (Å²) in [5, 5.41) is 14.7. The van der Waals surface area contributed by atoms with Crippen molar-refractivity contribution in [1.82, 2.24) is 5.32 Å². The van der Waals surface area contributed by atoms with E-state index in [1.54, 1.807) is 36.4 Å². The Morgan fingerprint density at radius 3 is 2.05 bits per heavy atom. The van der Waals surface area contributed by atoms with E-state index >= 15 is 0 Å². The first-order chi connectivity index (χ1) is 19.8. The number of nitrogens with one attached hydrogen (secondary N) is 3. The van der Waals surface area contributed by atoms with Crippen LogP contribution in [-0.2, 0) is 14.3 Å². The zero-order valence-corrected chi connectivity index (χ0v) is 24.0. The smallest absolute Gasteiger partial charge is 0.354 e. The van der Waals surface area contributed by atoms with Gasteiger partial charge < -0.3 is 20.6 Å². The highest BCUT2D eigenvalue weighted by molar-refractivity contribution is 7.86. The van der Waals surface area contributed by atoms with Crippen molar-refractivity contribution < 1.29 is 27.0 Å². The van der Waals surface area contributed by atoms with Crippen LogP contribution >= 0.6 is 0 Å². The molecule has 5 N–H and O–H groups in total. The Labute approximate surface area is 243 Å². The van der Waals surface area contributed by atoms with Gasteiger partial charge in [0.1, 0.15) is 5.84 Å². The predicted molar refractivity (Wildman–Crippen MR) is 162 cm³/mol. The number of amidine groups is 1. The zero-order chi connectivity index (χ0) is 30.6. The van der Waals surface area contributed by atoms with E-state index in [0.29, 0.717) is 23.4 Å². The quantitative estimate of drug-likeness (QED) is 0.127. The van der Waals surface area contributed by atoms with Gasteiger partial charge in [-0.2, -0.15) is 8.42 Å². The molecule has 0 unspecified atom stereocenters. The molecule has 0 aliphatic carbocycles. The summed E-state index contributed by atoms with van der Waals surface area (Å²) in [6, 6.07) is 21.4. The van der Waals surface area contributed by atoms with Crippen molar-refractivity contribution in [1.29, 1.82) is 5.41 Å². The normalized spacial score (nSPS) is 11.2. The van der Waals surface area contributed by atoms with E-state index in [1.165, 1.54) is 18.2 Å². The molecule has 10 nitrogen and oxygen atoms in total. The topological polar surface area (TPSA) is 169 Å².